The van der Waals surface area contributed by atoms with Gasteiger partial charge in [-0.2, -0.15) is 4.39 Å². The average molecular weight is 403 g/mol. The molecular weight excluding hydrogens is 375 g/mol. The molecule has 150 valence electrons. The molecule has 0 radical (unpaired) electrons. The first-order valence-electron chi connectivity index (χ1n) is 10.4. The molecule has 5 nitrogen and oxygen atoms in total. The van der Waals surface area contributed by atoms with Crippen LogP contribution in [0.15, 0.2) is 24.3 Å². The molecule has 1 aromatic carbocycles. The Morgan fingerprint density at radius 3 is 2.79 bits per heavy atom. The van der Waals surface area contributed by atoms with Gasteiger partial charge >= 0.3 is 6.03 Å². The molecule has 3 fully saturated rings. The lowest BCUT2D eigenvalue weighted by atomic mass is 9.81. The minimum atomic E-state index is -0.107. The number of nitrogens with one attached hydrogen (secondary N) is 2. The van der Waals surface area contributed by atoms with E-state index in [-0.39, 0.29) is 11.2 Å². The number of benzene rings is 1. The van der Waals surface area contributed by atoms with Gasteiger partial charge in [-0.25, -0.2) is 4.79 Å². The van der Waals surface area contributed by atoms with Crippen molar-refractivity contribution in [2.75, 3.05) is 37.6 Å². The number of hydrogen-bond donors (Lipinski definition) is 2. The van der Waals surface area contributed by atoms with E-state index in [0.29, 0.717) is 18.0 Å². The van der Waals surface area contributed by atoms with E-state index in [0.717, 1.165) is 55.7 Å². The van der Waals surface area contributed by atoms with Gasteiger partial charge in [0, 0.05) is 42.0 Å². The van der Waals surface area contributed by atoms with Crippen LogP contribution in [0.3, 0.4) is 0 Å². The summed E-state index contributed by atoms with van der Waals surface area (Å²) in [5.74, 6) is 0.710. The number of anilines is 1. The Labute approximate surface area is 168 Å². The molecule has 2 amide bonds. The number of rotatable bonds is 4. The lowest BCUT2D eigenvalue weighted by Gasteiger charge is -2.38. The van der Waals surface area contributed by atoms with E-state index in [2.05, 4.69) is 26.5 Å². The van der Waals surface area contributed by atoms with Crippen LogP contribution >= 0.6 is 11.3 Å². The van der Waals surface area contributed by atoms with Crippen LogP contribution in [0.5, 0.6) is 0 Å². The number of thiophene rings is 1. The van der Waals surface area contributed by atoms with E-state index in [1.54, 1.807) is 6.07 Å². The molecule has 0 spiro atoms. The molecule has 3 atom stereocenters. The fraction of sp³-hybridized carbons (Fsp3) is 0.571. The Hall–Kier alpha value is -1.86. The maximum Gasteiger partial charge on any atom is 0.315 e. The van der Waals surface area contributed by atoms with Crippen molar-refractivity contribution >= 4 is 33.1 Å². The number of nitrogens with zero attached hydrogens (tertiary/aromatic N) is 2. The van der Waals surface area contributed by atoms with Gasteiger partial charge in [0.05, 0.1) is 12.1 Å². The third kappa shape index (κ3) is 3.57. The quantitative estimate of drug-likeness (QED) is 0.824. The van der Waals surface area contributed by atoms with Crippen LogP contribution in [-0.2, 0) is 0 Å². The first kappa shape index (κ1) is 18.2. The highest BCUT2D eigenvalue weighted by Crippen LogP contribution is 2.33. The predicted molar refractivity (Wildman–Crippen MR) is 112 cm³/mol. The van der Waals surface area contributed by atoms with Gasteiger partial charge in [0.1, 0.15) is 0 Å². The number of carbonyl (C=O) groups is 1. The van der Waals surface area contributed by atoms with E-state index in [1.165, 1.54) is 29.9 Å². The zero-order chi connectivity index (χ0) is 19.1. The molecule has 2 aromatic rings. The van der Waals surface area contributed by atoms with Gasteiger partial charge in [0.2, 0.25) is 0 Å². The van der Waals surface area contributed by atoms with E-state index >= 15 is 0 Å². The fourth-order valence-corrected chi connectivity index (χ4v) is 5.91. The predicted octanol–water partition coefficient (Wildman–Crippen LogP) is 3.40. The van der Waals surface area contributed by atoms with Crippen molar-refractivity contribution in [1.29, 1.82) is 0 Å². The number of halogens is 1. The SMILES string of the molecule is O=C1NC2CCC(CCN3CCN(c4cccc5sc(F)cc45)CC3)CC2N1. The van der Waals surface area contributed by atoms with Crippen molar-refractivity contribution in [1.82, 2.24) is 15.5 Å². The number of piperazine rings is 1. The highest BCUT2D eigenvalue weighted by Gasteiger charge is 2.37. The van der Waals surface area contributed by atoms with Gasteiger partial charge in [-0.15, -0.1) is 11.3 Å². The standard InChI is InChI=1S/C21H27FN4OS/c22-20-13-15-18(2-1-3-19(15)28-20)26-10-8-25(9-11-26)7-6-14-4-5-16-17(12-14)24-21(27)23-16/h1-3,13-14,16-17H,4-12H2,(H2,23,24,27). The van der Waals surface area contributed by atoms with Crippen LogP contribution in [0.1, 0.15) is 25.7 Å². The van der Waals surface area contributed by atoms with Gasteiger partial charge in [-0.1, -0.05) is 6.07 Å². The Kier molecular flexibility index (Phi) is 4.88. The molecule has 1 aliphatic carbocycles. The minimum absolute atomic E-state index is 0.00675. The van der Waals surface area contributed by atoms with Gasteiger partial charge in [-0.05, 0) is 56.3 Å². The summed E-state index contributed by atoms with van der Waals surface area (Å²) in [6.07, 6.45) is 4.64. The molecule has 0 bridgehead atoms. The Bertz CT molecular complexity index is 863. The first-order valence-corrected chi connectivity index (χ1v) is 11.2. The molecular formula is C21H27FN4OS. The third-order valence-corrected chi connectivity index (χ3v) is 7.56. The largest absolute Gasteiger partial charge is 0.368 e. The van der Waals surface area contributed by atoms with E-state index in [1.807, 2.05) is 12.1 Å². The van der Waals surface area contributed by atoms with Gasteiger partial charge in [0.15, 0.2) is 5.13 Å². The molecule has 3 aliphatic rings. The second-order valence-corrected chi connectivity index (χ2v) is 9.40. The summed E-state index contributed by atoms with van der Waals surface area (Å²) in [5, 5.41) is 7.03. The molecule has 3 unspecified atom stereocenters. The maximum atomic E-state index is 13.7. The summed E-state index contributed by atoms with van der Waals surface area (Å²) < 4.78 is 14.7. The fourth-order valence-electron chi connectivity index (χ4n) is 5.10. The molecule has 1 saturated carbocycles. The highest BCUT2D eigenvalue weighted by molar-refractivity contribution is 7.17. The van der Waals surface area contributed by atoms with E-state index in [4.69, 9.17) is 0 Å². The third-order valence-electron chi connectivity index (χ3n) is 6.67. The summed E-state index contributed by atoms with van der Waals surface area (Å²) in [6.45, 7) is 5.23. The minimum Gasteiger partial charge on any atom is -0.368 e. The smallest absolute Gasteiger partial charge is 0.315 e. The lowest BCUT2D eigenvalue weighted by Crippen LogP contribution is -2.47. The summed E-state index contributed by atoms with van der Waals surface area (Å²) in [7, 11) is 0. The van der Waals surface area contributed by atoms with E-state index in [9.17, 15) is 9.18 Å². The van der Waals surface area contributed by atoms with Crippen molar-refractivity contribution in [3.8, 4) is 0 Å². The Morgan fingerprint density at radius 2 is 1.93 bits per heavy atom. The zero-order valence-electron chi connectivity index (χ0n) is 16.0. The number of urea groups is 1. The molecule has 2 N–H and O–H groups in total. The van der Waals surface area contributed by atoms with Gasteiger partial charge < -0.3 is 15.5 Å². The maximum absolute atomic E-state index is 13.7. The van der Waals surface area contributed by atoms with Crippen LogP contribution in [0.4, 0.5) is 14.9 Å². The molecule has 7 heteroatoms. The van der Waals surface area contributed by atoms with Crippen molar-refractivity contribution in [2.24, 2.45) is 5.92 Å². The lowest BCUT2D eigenvalue weighted by molar-refractivity contribution is 0.206. The molecule has 2 saturated heterocycles. The molecule has 5 rings (SSSR count). The normalized spacial score (nSPS) is 28.2. The second kappa shape index (κ2) is 7.52. The summed E-state index contributed by atoms with van der Waals surface area (Å²) in [4.78, 5) is 16.5. The highest BCUT2D eigenvalue weighted by atomic mass is 32.1. The number of amides is 2. The van der Waals surface area contributed by atoms with Gasteiger partial charge in [0.25, 0.3) is 0 Å². The zero-order valence-corrected chi connectivity index (χ0v) is 16.8. The van der Waals surface area contributed by atoms with Crippen LogP contribution in [0, 0.1) is 11.0 Å². The monoisotopic (exact) mass is 402 g/mol. The van der Waals surface area contributed by atoms with Gasteiger partial charge in [-0.3, -0.25) is 4.90 Å². The van der Waals surface area contributed by atoms with Crippen LogP contribution in [0.2, 0.25) is 0 Å². The van der Waals surface area contributed by atoms with Crippen LogP contribution in [0.25, 0.3) is 10.1 Å². The summed E-state index contributed by atoms with van der Waals surface area (Å²) in [5.41, 5.74) is 1.17. The first-order chi connectivity index (χ1) is 13.7. The molecule has 2 aliphatic heterocycles. The second-order valence-electron chi connectivity index (χ2n) is 8.37. The average Bonchev–Trinajstić information content (AvgIpc) is 3.26. The van der Waals surface area contributed by atoms with E-state index < -0.39 is 0 Å². The topological polar surface area (TPSA) is 47.6 Å². The van der Waals surface area contributed by atoms with Crippen LogP contribution in [-0.4, -0.2) is 55.7 Å². The summed E-state index contributed by atoms with van der Waals surface area (Å²) >= 11 is 1.23. The van der Waals surface area contributed by atoms with Crippen molar-refractivity contribution < 1.29 is 9.18 Å². The Balaban J connectivity index is 1.13. The van der Waals surface area contributed by atoms with Crippen molar-refractivity contribution in [2.45, 2.75) is 37.8 Å². The molecule has 28 heavy (non-hydrogen) atoms. The number of fused-ring (bicyclic) bond motifs is 2. The summed E-state index contributed by atoms with van der Waals surface area (Å²) in [6, 6.07) is 8.51. The molecule has 3 heterocycles. The van der Waals surface area contributed by atoms with Crippen LogP contribution < -0.4 is 15.5 Å². The Morgan fingerprint density at radius 1 is 1.11 bits per heavy atom. The molecule has 1 aromatic heterocycles. The van der Waals surface area contributed by atoms with Crippen molar-refractivity contribution in [3.63, 3.8) is 0 Å². The number of hydrogen-bond acceptors (Lipinski definition) is 4. The van der Waals surface area contributed by atoms with Crippen molar-refractivity contribution in [3.05, 3.63) is 29.4 Å². The number of carbonyl (C=O) groups excluding carboxylic acids is 1.